The zero-order chi connectivity index (χ0) is 11.4. The van der Waals surface area contributed by atoms with Gasteiger partial charge >= 0.3 is 0 Å². The van der Waals surface area contributed by atoms with Gasteiger partial charge in [-0.1, -0.05) is 12.2 Å². The van der Waals surface area contributed by atoms with Crippen LogP contribution in [0.2, 0.25) is 0 Å². The first-order valence-corrected chi connectivity index (χ1v) is 4.85. The Balaban J connectivity index is 4.12. The number of hydrogen-bond donors (Lipinski definition) is 2. The van der Waals surface area contributed by atoms with Crippen molar-refractivity contribution in [2.75, 3.05) is 7.11 Å². The minimum atomic E-state index is -0.815. The summed E-state index contributed by atoms with van der Waals surface area (Å²) in [7, 11) is 1.50. The Morgan fingerprint density at radius 2 is 2.14 bits per heavy atom. The largest absolute Gasteiger partial charge is 0.393 e. The average Bonchev–Trinajstić information content (AvgIpc) is 2.02. The fourth-order valence-electron chi connectivity index (χ4n) is 0.843. The van der Waals surface area contributed by atoms with Gasteiger partial charge in [-0.2, -0.15) is 0 Å². The highest BCUT2D eigenvalue weighted by atomic mass is 32.1. The molecular weight excluding hydrogens is 200 g/mol. The molecular formula is C9H18N2O2S. The molecule has 82 valence electrons. The molecule has 0 aromatic heterocycles. The summed E-state index contributed by atoms with van der Waals surface area (Å²) in [4.78, 5) is 12.0. The third-order valence-corrected chi connectivity index (χ3v) is 2.11. The lowest BCUT2D eigenvalue weighted by atomic mass is 10.1. The lowest BCUT2D eigenvalue weighted by molar-refractivity contribution is -0.140. The van der Waals surface area contributed by atoms with E-state index in [2.05, 4.69) is 5.32 Å². The average molecular weight is 218 g/mol. The summed E-state index contributed by atoms with van der Waals surface area (Å²) in [6.07, 6.45) is 0.501. The molecule has 0 heterocycles. The van der Waals surface area contributed by atoms with Crippen LogP contribution in [0.25, 0.3) is 0 Å². The van der Waals surface area contributed by atoms with Gasteiger partial charge < -0.3 is 15.8 Å². The van der Waals surface area contributed by atoms with Crippen molar-refractivity contribution in [1.82, 2.24) is 5.32 Å². The monoisotopic (exact) mass is 218 g/mol. The molecule has 0 bridgehead atoms. The number of carbonyl (C=O) groups excluding carboxylic acids is 1. The van der Waals surface area contributed by atoms with Crippen LogP contribution in [0.4, 0.5) is 0 Å². The van der Waals surface area contributed by atoms with Gasteiger partial charge in [-0.15, -0.1) is 0 Å². The first-order chi connectivity index (χ1) is 6.29. The Hall–Kier alpha value is -0.680. The van der Waals surface area contributed by atoms with Gasteiger partial charge in [0.25, 0.3) is 5.91 Å². The SMILES string of the molecule is COC(C)(C)C(=O)NC(C)CC(N)=S. The molecule has 5 heteroatoms. The molecule has 0 spiro atoms. The number of methoxy groups -OCH3 is 1. The maximum Gasteiger partial charge on any atom is 0.251 e. The van der Waals surface area contributed by atoms with Crippen LogP contribution < -0.4 is 11.1 Å². The molecule has 0 fully saturated rings. The molecule has 0 rings (SSSR count). The van der Waals surface area contributed by atoms with Crippen LogP contribution >= 0.6 is 12.2 Å². The molecule has 1 unspecified atom stereocenters. The number of hydrogen-bond acceptors (Lipinski definition) is 3. The zero-order valence-corrected chi connectivity index (χ0v) is 9.90. The first kappa shape index (κ1) is 13.3. The quantitative estimate of drug-likeness (QED) is 0.663. The van der Waals surface area contributed by atoms with Gasteiger partial charge in [-0.05, 0) is 20.8 Å². The van der Waals surface area contributed by atoms with E-state index in [1.807, 2.05) is 6.92 Å². The Morgan fingerprint density at radius 3 is 2.50 bits per heavy atom. The van der Waals surface area contributed by atoms with Crippen LogP contribution in [0.5, 0.6) is 0 Å². The van der Waals surface area contributed by atoms with Crippen LogP contribution in [0.1, 0.15) is 27.2 Å². The van der Waals surface area contributed by atoms with Crippen molar-refractivity contribution in [2.45, 2.75) is 38.8 Å². The highest BCUT2D eigenvalue weighted by molar-refractivity contribution is 7.80. The van der Waals surface area contributed by atoms with Gasteiger partial charge in [0.05, 0.1) is 4.99 Å². The van der Waals surface area contributed by atoms with E-state index in [0.29, 0.717) is 11.4 Å². The third kappa shape index (κ3) is 4.53. The number of carbonyl (C=O) groups is 1. The predicted octanol–water partition coefficient (Wildman–Crippen LogP) is 0.592. The van der Waals surface area contributed by atoms with E-state index in [0.717, 1.165) is 0 Å². The molecule has 4 nitrogen and oxygen atoms in total. The second-order valence-corrected chi connectivity index (χ2v) is 4.28. The van der Waals surface area contributed by atoms with Crippen molar-refractivity contribution in [1.29, 1.82) is 0 Å². The molecule has 0 saturated carbocycles. The topological polar surface area (TPSA) is 64.3 Å². The zero-order valence-electron chi connectivity index (χ0n) is 9.09. The standard InChI is InChI=1S/C9H18N2O2S/c1-6(5-7(10)14)11-8(12)9(2,3)13-4/h6H,5H2,1-4H3,(H2,10,14)(H,11,12). The molecule has 0 aliphatic rings. The van der Waals surface area contributed by atoms with Gasteiger partial charge in [0.1, 0.15) is 5.60 Å². The normalized spacial score (nSPS) is 13.4. The van der Waals surface area contributed by atoms with E-state index in [4.69, 9.17) is 22.7 Å². The fraction of sp³-hybridized carbons (Fsp3) is 0.778. The lowest BCUT2D eigenvalue weighted by Crippen LogP contribution is -2.47. The summed E-state index contributed by atoms with van der Waals surface area (Å²) < 4.78 is 5.03. The van der Waals surface area contributed by atoms with Crippen molar-refractivity contribution in [3.8, 4) is 0 Å². The molecule has 0 aromatic rings. The highest BCUT2D eigenvalue weighted by Gasteiger charge is 2.27. The number of nitrogens with two attached hydrogens (primary N) is 1. The smallest absolute Gasteiger partial charge is 0.251 e. The number of thiocarbonyl (C=S) groups is 1. The van der Waals surface area contributed by atoms with Crippen molar-refractivity contribution in [3.63, 3.8) is 0 Å². The molecule has 1 amide bonds. The van der Waals surface area contributed by atoms with E-state index in [1.165, 1.54) is 7.11 Å². The summed E-state index contributed by atoms with van der Waals surface area (Å²) in [5.41, 5.74) is 4.54. The molecule has 0 aliphatic heterocycles. The van der Waals surface area contributed by atoms with Crippen LogP contribution in [0.3, 0.4) is 0 Å². The van der Waals surface area contributed by atoms with E-state index in [9.17, 15) is 4.79 Å². The summed E-state index contributed by atoms with van der Waals surface area (Å²) in [6, 6.07) is -0.0607. The Bertz CT molecular complexity index is 229. The van der Waals surface area contributed by atoms with Crippen molar-refractivity contribution in [2.24, 2.45) is 5.73 Å². The number of rotatable bonds is 5. The maximum atomic E-state index is 11.6. The first-order valence-electron chi connectivity index (χ1n) is 4.44. The minimum absolute atomic E-state index is 0.0607. The molecule has 3 N–H and O–H groups in total. The summed E-state index contributed by atoms with van der Waals surface area (Å²) in [5.74, 6) is -0.163. The maximum absolute atomic E-state index is 11.6. The Kier molecular flexibility index (Phi) is 5.01. The molecule has 0 aliphatic carbocycles. The van der Waals surface area contributed by atoms with Crippen LogP contribution in [-0.4, -0.2) is 29.6 Å². The molecule has 1 atom stereocenters. The second-order valence-electron chi connectivity index (χ2n) is 3.76. The van der Waals surface area contributed by atoms with Crippen molar-refractivity contribution in [3.05, 3.63) is 0 Å². The van der Waals surface area contributed by atoms with Gasteiger partial charge in [0, 0.05) is 19.6 Å². The molecule has 14 heavy (non-hydrogen) atoms. The van der Waals surface area contributed by atoms with Gasteiger partial charge in [0.2, 0.25) is 0 Å². The van der Waals surface area contributed by atoms with E-state index in [1.54, 1.807) is 13.8 Å². The van der Waals surface area contributed by atoms with E-state index < -0.39 is 5.60 Å². The Morgan fingerprint density at radius 1 is 1.64 bits per heavy atom. The third-order valence-electron chi connectivity index (χ3n) is 1.94. The predicted molar refractivity (Wildman–Crippen MR) is 60.1 cm³/mol. The van der Waals surface area contributed by atoms with E-state index >= 15 is 0 Å². The fourth-order valence-corrected chi connectivity index (χ4v) is 1.09. The molecule has 0 aromatic carbocycles. The Labute approximate surface area is 90.2 Å². The molecule has 0 saturated heterocycles. The number of nitrogens with one attached hydrogen (secondary N) is 1. The summed E-state index contributed by atoms with van der Waals surface area (Å²) in [6.45, 7) is 5.26. The summed E-state index contributed by atoms with van der Waals surface area (Å²) in [5, 5.41) is 2.77. The summed E-state index contributed by atoms with van der Waals surface area (Å²) >= 11 is 4.74. The van der Waals surface area contributed by atoms with Crippen LogP contribution in [0.15, 0.2) is 0 Å². The minimum Gasteiger partial charge on any atom is -0.393 e. The van der Waals surface area contributed by atoms with E-state index in [-0.39, 0.29) is 11.9 Å². The van der Waals surface area contributed by atoms with Crippen molar-refractivity contribution < 1.29 is 9.53 Å². The van der Waals surface area contributed by atoms with Crippen LogP contribution in [0, 0.1) is 0 Å². The van der Waals surface area contributed by atoms with Gasteiger partial charge in [-0.25, -0.2) is 0 Å². The second kappa shape index (κ2) is 5.26. The van der Waals surface area contributed by atoms with Crippen molar-refractivity contribution >= 4 is 23.1 Å². The highest BCUT2D eigenvalue weighted by Crippen LogP contribution is 2.07. The lowest BCUT2D eigenvalue weighted by Gasteiger charge is -2.24. The molecule has 0 radical (unpaired) electrons. The van der Waals surface area contributed by atoms with Gasteiger partial charge in [0.15, 0.2) is 0 Å². The number of ether oxygens (including phenoxy) is 1. The number of amides is 1. The van der Waals surface area contributed by atoms with Crippen LogP contribution in [-0.2, 0) is 9.53 Å². The van der Waals surface area contributed by atoms with Gasteiger partial charge in [-0.3, -0.25) is 4.79 Å².